The van der Waals surface area contributed by atoms with E-state index in [9.17, 15) is 14.4 Å². The van der Waals surface area contributed by atoms with Crippen molar-refractivity contribution in [2.45, 2.75) is 85.9 Å². The van der Waals surface area contributed by atoms with Crippen molar-refractivity contribution in [2.24, 2.45) is 0 Å². The molecule has 1 aromatic carbocycles. The Morgan fingerprint density at radius 2 is 1.77 bits per heavy atom. The van der Waals surface area contributed by atoms with Crippen LogP contribution in [0.3, 0.4) is 0 Å². The van der Waals surface area contributed by atoms with E-state index in [-0.39, 0.29) is 11.8 Å². The van der Waals surface area contributed by atoms with Crippen LogP contribution in [-0.4, -0.2) is 47.5 Å². The highest BCUT2D eigenvalue weighted by atomic mass is 16.6. The van der Waals surface area contributed by atoms with Crippen LogP contribution in [0.4, 0.5) is 4.79 Å². The molecule has 7 nitrogen and oxygen atoms in total. The Labute approximate surface area is 186 Å². The smallest absolute Gasteiger partial charge is 0.408 e. The van der Waals surface area contributed by atoms with Crippen LogP contribution in [-0.2, 0) is 14.3 Å². The summed E-state index contributed by atoms with van der Waals surface area (Å²) in [5, 5.41) is 5.55. The van der Waals surface area contributed by atoms with Gasteiger partial charge in [-0.15, -0.1) is 0 Å². The van der Waals surface area contributed by atoms with Gasteiger partial charge in [-0.2, -0.15) is 0 Å². The van der Waals surface area contributed by atoms with Crippen LogP contribution in [0.15, 0.2) is 18.2 Å². The lowest BCUT2D eigenvalue weighted by Crippen LogP contribution is -2.52. The Bertz CT molecular complexity index is 771. The molecule has 0 saturated carbocycles. The number of nitrogens with zero attached hydrogens (tertiary/aromatic N) is 1. The maximum atomic E-state index is 13.3. The van der Waals surface area contributed by atoms with Gasteiger partial charge in [0.25, 0.3) is 0 Å². The average Bonchev–Trinajstić information content (AvgIpc) is 2.66. The Hall–Kier alpha value is -2.57. The summed E-state index contributed by atoms with van der Waals surface area (Å²) in [6, 6.07) is 4.14. The molecular weight excluding hydrogens is 394 g/mol. The molecule has 7 heteroatoms. The number of hydrogen-bond donors (Lipinski definition) is 2. The number of carbonyl (C=O) groups is 3. The van der Waals surface area contributed by atoms with Crippen molar-refractivity contribution < 1.29 is 19.1 Å². The highest BCUT2D eigenvalue weighted by molar-refractivity contribution is 5.92. The van der Waals surface area contributed by atoms with Crippen molar-refractivity contribution >= 4 is 17.9 Å². The van der Waals surface area contributed by atoms with E-state index in [1.54, 1.807) is 27.7 Å². The van der Waals surface area contributed by atoms with Crippen LogP contribution >= 0.6 is 0 Å². The minimum absolute atomic E-state index is 0.221. The predicted octanol–water partition coefficient (Wildman–Crippen LogP) is 4.02. The second-order valence-electron chi connectivity index (χ2n) is 8.83. The van der Waals surface area contributed by atoms with Crippen molar-refractivity contribution in [3.63, 3.8) is 0 Å². The third-order valence-electron chi connectivity index (χ3n) is 5.06. The van der Waals surface area contributed by atoms with Crippen LogP contribution in [0.25, 0.3) is 0 Å². The van der Waals surface area contributed by atoms with Crippen LogP contribution in [0.2, 0.25) is 0 Å². The van der Waals surface area contributed by atoms with E-state index in [4.69, 9.17) is 4.74 Å². The molecule has 1 rings (SSSR count). The van der Waals surface area contributed by atoms with Crippen LogP contribution in [0.5, 0.6) is 0 Å². The lowest BCUT2D eigenvalue weighted by atomic mass is 9.95. The molecule has 0 aliphatic carbocycles. The SMILES string of the molecule is CCCCNC(=O)C(c1cccc(C)c1C)N(CC)C(=O)C(C)NC(=O)OC(C)(C)C. The average molecular weight is 434 g/mol. The largest absolute Gasteiger partial charge is 0.444 e. The third kappa shape index (κ3) is 7.89. The maximum absolute atomic E-state index is 13.3. The summed E-state index contributed by atoms with van der Waals surface area (Å²) >= 11 is 0. The van der Waals surface area contributed by atoms with E-state index in [1.165, 1.54) is 4.90 Å². The first-order chi connectivity index (χ1) is 14.4. The van der Waals surface area contributed by atoms with E-state index in [1.807, 2.05) is 39.0 Å². The third-order valence-corrected chi connectivity index (χ3v) is 5.06. The zero-order valence-electron chi connectivity index (χ0n) is 20.3. The molecule has 3 amide bonds. The van der Waals surface area contributed by atoms with Crippen molar-refractivity contribution in [3.8, 4) is 0 Å². The highest BCUT2D eigenvalue weighted by Crippen LogP contribution is 2.27. The van der Waals surface area contributed by atoms with Gasteiger partial charge in [0.2, 0.25) is 11.8 Å². The quantitative estimate of drug-likeness (QED) is 0.576. The zero-order chi connectivity index (χ0) is 23.8. The van der Waals surface area contributed by atoms with E-state index in [0.717, 1.165) is 29.5 Å². The number of alkyl carbamates (subject to hydrolysis) is 1. The molecule has 1 aromatic rings. The number of hydrogen-bond acceptors (Lipinski definition) is 4. The Balaban J connectivity index is 3.20. The second-order valence-corrected chi connectivity index (χ2v) is 8.83. The van der Waals surface area contributed by atoms with Crippen molar-refractivity contribution in [2.75, 3.05) is 13.1 Å². The second kappa shape index (κ2) is 11.7. The maximum Gasteiger partial charge on any atom is 0.408 e. The molecule has 31 heavy (non-hydrogen) atoms. The number of nitrogens with one attached hydrogen (secondary N) is 2. The summed E-state index contributed by atoms with van der Waals surface area (Å²) in [6.45, 7) is 15.6. The molecule has 0 saturated heterocycles. The van der Waals surface area contributed by atoms with Crippen molar-refractivity contribution in [1.82, 2.24) is 15.5 Å². The summed E-state index contributed by atoms with van der Waals surface area (Å²) in [4.78, 5) is 40.2. The van der Waals surface area contributed by atoms with Gasteiger partial charge < -0.3 is 20.3 Å². The zero-order valence-corrected chi connectivity index (χ0v) is 20.3. The fraction of sp³-hybridized carbons (Fsp3) is 0.625. The molecule has 0 heterocycles. The van der Waals surface area contributed by atoms with Gasteiger partial charge in [0.15, 0.2) is 0 Å². The van der Waals surface area contributed by atoms with Gasteiger partial charge in [-0.3, -0.25) is 9.59 Å². The van der Waals surface area contributed by atoms with Crippen LogP contribution < -0.4 is 10.6 Å². The molecule has 174 valence electrons. The summed E-state index contributed by atoms with van der Waals surface area (Å²) in [6.07, 6.45) is 1.16. The molecule has 0 fully saturated rings. The first-order valence-corrected chi connectivity index (χ1v) is 11.1. The molecular formula is C24H39N3O4. The summed E-state index contributed by atoms with van der Waals surface area (Å²) in [5.74, 6) is -0.563. The molecule has 2 unspecified atom stereocenters. The monoisotopic (exact) mass is 433 g/mol. The molecule has 0 radical (unpaired) electrons. The van der Waals surface area contributed by atoms with E-state index < -0.39 is 23.8 Å². The Morgan fingerprint density at radius 1 is 1.13 bits per heavy atom. The molecule has 2 N–H and O–H groups in total. The summed E-state index contributed by atoms with van der Waals surface area (Å²) < 4.78 is 5.26. The number of aryl methyl sites for hydroxylation is 1. The minimum Gasteiger partial charge on any atom is -0.444 e. The minimum atomic E-state index is -0.842. The van der Waals surface area contributed by atoms with Crippen molar-refractivity contribution in [1.29, 1.82) is 0 Å². The predicted molar refractivity (Wildman–Crippen MR) is 123 cm³/mol. The lowest BCUT2D eigenvalue weighted by molar-refractivity contribution is -0.142. The standard InChI is InChI=1S/C24H39N3O4/c1-9-11-15-25-21(28)20(19-14-12-13-16(3)17(19)4)27(10-2)22(29)18(5)26-23(30)31-24(6,7)8/h12-14,18,20H,9-11,15H2,1-8H3,(H,25,28)(H,26,30). The van der Waals surface area contributed by atoms with Crippen LogP contribution in [0.1, 0.15) is 77.1 Å². The molecule has 0 spiro atoms. The van der Waals surface area contributed by atoms with Gasteiger partial charge >= 0.3 is 6.09 Å². The number of likely N-dealkylation sites (N-methyl/N-ethyl adjacent to an activating group) is 1. The fourth-order valence-corrected chi connectivity index (χ4v) is 3.27. The van der Waals surface area contributed by atoms with E-state index in [0.29, 0.717) is 13.1 Å². The Morgan fingerprint density at radius 3 is 2.32 bits per heavy atom. The summed E-state index contributed by atoms with van der Waals surface area (Å²) in [7, 11) is 0. The summed E-state index contributed by atoms with van der Waals surface area (Å²) in [5.41, 5.74) is 2.13. The first-order valence-electron chi connectivity index (χ1n) is 11.1. The number of unbranched alkanes of at least 4 members (excludes halogenated alkanes) is 1. The molecule has 0 aliphatic rings. The first kappa shape index (κ1) is 26.5. The topological polar surface area (TPSA) is 87.7 Å². The molecule has 0 bridgehead atoms. The number of ether oxygens (including phenoxy) is 1. The molecule has 2 atom stereocenters. The highest BCUT2D eigenvalue weighted by Gasteiger charge is 2.34. The number of amides is 3. The number of rotatable bonds is 9. The van der Waals surface area contributed by atoms with Gasteiger partial charge in [-0.05, 0) is 71.6 Å². The fourth-order valence-electron chi connectivity index (χ4n) is 3.27. The normalized spacial score (nSPS) is 13.2. The Kier molecular flexibility index (Phi) is 10.0. The lowest BCUT2D eigenvalue weighted by Gasteiger charge is -2.33. The molecule has 0 aliphatic heterocycles. The van der Waals surface area contributed by atoms with Gasteiger partial charge in [0.1, 0.15) is 17.7 Å². The molecule has 0 aromatic heterocycles. The van der Waals surface area contributed by atoms with Gasteiger partial charge in [0.05, 0.1) is 0 Å². The van der Waals surface area contributed by atoms with Crippen molar-refractivity contribution in [3.05, 3.63) is 34.9 Å². The van der Waals surface area contributed by atoms with Crippen LogP contribution in [0, 0.1) is 13.8 Å². The van der Waals surface area contributed by atoms with E-state index >= 15 is 0 Å². The van der Waals surface area contributed by atoms with Gasteiger partial charge in [0, 0.05) is 13.1 Å². The number of carbonyl (C=O) groups excluding carboxylic acids is 3. The number of benzene rings is 1. The van der Waals surface area contributed by atoms with Gasteiger partial charge in [-0.1, -0.05) is 31.5 Å². The van der Waals surface area contributed by atoms with Gasteiger partial charge in [-0.25, -0.2) is 4.79 Å². The van der Waals surface area contributed by atoms with E-state index in [2.05, 4.69) is 17.6 Å².